The number of amides is 2. The highest BCUT2D eigenvalue weighted by molar-refractivity contribution is 5.83. The van der Waals surface area contributed by atoms with Crippen molar-refractivity contribution in [3.05, 3.63) is 71.8 Å². The largest absolute Gasteiger partial charge is 0.455 e. The van der Waals surface area contributed by atoms with Crippen LogP contribution in [0.1, 0.15) is 31.4 Å². The van der Waals surface area contributed by atoms with Gasteiger partial charge in [0.15, 0.2) is 18.5 Å². The van der Waals surface area contributed by atoms with Gasteiger partial charge in [-0.25, -0.2) is 9.59 Å². The Morgan fingerprint density at radius 1 is 1.05 bits per heavy atom. The first-order valence-corrected chi connectivity index (χ1v) is 12.6. The van der Waals surface area contributed by atoms with Crippen LogP contribution in [0.25, 0.3) is 0 Å². The van der Waals surface area contributed by atoms with Gasteiger partial charge in [0.1, 0.15) is 17.2 Å². The first kappa shape index (κ1) is 26.1. The van der Waals surface area contributed by atoms with Gasteiger partial charge in [0.25, 0.3) is 0 Å². The van der Waals surface area contributed by atoms with Gasteiger partial charge in [-0.15, -0.1) is 0 Å². The van der Waals surface area contributed by atoms with Crippen LogP contribution in [0.2, 0.25) is 0 Å². The van der Waals surface area contributed by atoms with Crippen molar-refractivity contribution in [1.82, 2.24) is 10.6 Å². The van der Waals surface area contributed by atoms with Gasteiger partial charge >= 0.3 is 18.0 Å². The van der Waals surface area contributed by atoms with Crippen LogP contribution in [0, 0.1) is 5.92 Å². The van der Waals surface area contributed by atoms with Gasteiger partial charge in [0.2, 0.25) is 0 Å². The molecule has 2 aromatic rings. The number of urea groups is 1. The molecule has 3 fully saturated rings. The minimum Gasteiger partial charge on any atom is -0.455 e. The third kappa shape index (κ3) is 4.63. The Bertz CT molecular complexity index is 1180. The van der Waals surface area contributed by atoms with Crippen LogP contribution in [0.3, 0.4) is 0 Å². The topological polar surface area (TPSA) is 121 Å². The summed E-state index contributed by atoms with van der Waals surface area (Å²) in [6.45, 7) is 3.45. The number of fused-ring (bicyclic) bond motifs is 1. The second kappa shape index (κ2) is 10.4. The average Bonchev–Trinajstić information content (AvgIpc) is 3.23. The van der Waals surface area contributed by atoms with Crippen molar-refractivity contribution in [2.24, 2.45) is 5.92 Å². The Balaban J connectivity index is 1.51. The fourth-order valence-electron chi connectivity index (χ4n) is 6.02. The van der Waals surface area contributed by atoms with Crippen molar-refractivity contribution in [3.63, 3.8) is 0 Å². The molecule has 202 valence electrons. The monoisotopic (exact) mass is 524 g/mol. The van der Waals surface area contributed by atoms with Gasteiger partial charge in [-0.2, -0.15) is 0 Å². The van der Waals surface area contributed by atoms with E-state index >= 15 is 0 Å². The van der Waals surface area contributed by atoms with Crippen LogP contribution in [0.4, 0.5) is 4.79 Å². The molecule has 10 nitrogen and oxygen atoms in total. The molecule has 0 radical (unpaired) electrons. The predicted octanol–water partition coefficient (Wildman–Crippen LogP) is 2.45. The standard InChI is InChI=1S/C28H32N2O8/c1-17(31)38-27(2)14-20-25(34-3)37-23-24(32)36-21(27)22(35-16-19-12-8-5-9-13-19)28(20,23)30-26(33)29-15-18-10-6-4-7-11-18/h4-13,20-23,25H,14-16H2,1-3H3,(H2,29,30,33)/t20-,21+,22-,23-,25-,27+,28-/m1/s1. The maximum atomic E-state index is 13.3. The first-order chi connectivity index (χ1) is 18.3. The van der Waals surface area contributed by atoms with E-state index in [0.29, 0.717) is 0 Å². The third-order valence-corrected chi connectivity index (χ3v) is 7.58. The van der Waals surface area contributed by atoms with Crippen molar-refractivity contribution in [2.45, 2.75) is 69.2 Å². The van der Waals surface area contributed by atoms with E-state index in [1.54, 1.807) is 6.92 Å². The Morgan fingerprint density at radius 3 is 2.34 bits per heavy atom. The van der Waals surface area contributed by atoms with Crippen LogP contribution >= 0.6 is 0 Å². The number of nitrogens with one attached hydrogen (secondary N) is 2. The molecular weight excluding hydrogens is 492 g/mol. The second-order valence-corrected chi connectivity index (χ2v) is 10.1. The maximum Gasteiger partial charge on any atom is 0.338 e. The number of hydrogen-bond donors (Lipinski definition) is 2. The zero-order valence-electron chi connectivity index (χ0n) is 21.5. The molecule has 0 spiro atoms. The van der Waals surface area contributed by atoms with Crippen molar-refractivity contribution < 1.29 is 38.1 Å². The summed E-state index contributed by atoms with van der Waals surface area (Å²) >= 11 is 0. The quantitative estimate of drug-likeness (QED) is 0.505. The highest BCUT2D eigenvalue weighted by Crippen LogP contribution is 2.55. The Labute approximate surface area is 220 Å². The number of ether oxygens (including phenoxy) is 5. The van der Waals surface area contributed by atoms with Crippen molar-refractivity contribution >= 4 is 18.0 Å². The fourth-order valence-corrected chi connectivity index (χ4v) is 6.02. The normalized spacial score (nSPS) is 33.2. The Morgan fingerprint density at radius 2 is 1.71 bits per heavy atom. The third-order valence-electron chi connectivity index (χ3n) is 7.58. The van der Waals surface area contributed by atoms with Gasteiger partial charge in [-0.1, -0.05) is 60.7 Å². The van der Waals surface area contributed by atoms with Crippen LogP contribution in [0.5, 0.6) is 0 Å². The van der Waals surface area contributed by atoms with Crippen LogP contribution in [0.15, 0.2) is 60.7 Å². The summed E-state index contributed by atoms with van der Waals surface area (Å²) in [5.74, 6) is -1.80. The van der Waals surface area contributed by atoms with Gasteiger partial charge in [-0.05, 0) is 18.1 Å². The lowest BCUT2D eigenvalue weighted by Gasteiger charge is -2.57. The Hall–Kier alpha value is -3.47. The SMILES string of the molecule is CO[C@@H]1O[C@@H]2C(=O)O[C@H]3[C@@H](OCc4ccccc4)[C@]2(NC(=O)NCc2ccccc2)[C@@H]1C[C@]3(C)OC(C)=O. The smallest absolute Gasteiger partial charge is 0.338 e. The molecular formula is C28H32N2O8. The van der Waals surface area contributed by atoms with E-state index in [1.807, 2.05) is 60.7 Å². The van der Waals surface area contributed by atoms with Crippen molar-refractivity contribution in [3.8, 4) is 0 Å². The summed E-state index contributed by atoms with van der Waals surface area (Å²) in [4.78, 5) is 38.8. The molecule has 5 rings (SSSR count). The van der Waals surface area contributed by atoms with Crippen molar-refractivity contribution in [1.29, 1.82) is 0 Å². The molecule has 38 heavy (non-hydrogen) atoms. The molecule has 2 aliphatic heterocycles. The van der Waals surface area contributed by atoms with Crippen LogP contribution in [-0.4, -0.2) is 60.8 Å². The molecule has 3 aliphatic rings. The number of carbonyl (C=O) groups excluding carboxylic acids is 3. The molecule has 10 heteroatoms. The lowest BCUT2D eigenvalue weighted by Crippen LogP contribution is -2.80. The van der Waals surface area contributed by atoms with Gasteiger partial charge in [-0.3, -0.25) is 4.79 Å². The molecule has 7 atom stereocenters. The molecule has 1 saturated carbocycles. The van der Waals surface area contributed by atoms with E-state index in [2.05, 4.69) is 10.6 Å². The lowest BCUT2D eigenvalue weighted by molar-refractivity contribution is -0.257. The second-order valence-electron chi connectivity index (χ2n) is 10.1. The molecule has 2 saturated heterocycles. The minimum absolute atomic E-state index is 0.169. The van der Waals surface area contributed by atoms with E-state index < -0.39 is 59.6 Å². The number of methoxy groups -OCH3 is 1. The first-order valence-electron chi connectivity index (χ1n) is 12.6. The molecule has 2 bridgehead atoms. The molecule has 1 aliphatic carbocycles. The minimum atomic E-state index is -1.34. The number of rotatable bonds is 8. The summed E-state index contributed by atoms with van der Waals surface area (Å²) in [6.07, 6.45) is -3.75. The van der Waals surface area contributed by atoms with Crippen LogP contribution in [-0.2, 0) is 46.4 Å². The van der Waals surface area contributed by atoms with E-state index in [-0.39, 0.29) is 19.6 Å². The summed E-state index contributed by atoms with van der Waals surface area (Å²) in [6, 6.07) is 18.5. The summed E-state index contributed by atoms with van der Waals surface area (Å²) in [5.41, 5.74) is -0.778. The number of esters is 2. The van der Waals surface area contributed by atoms with Crippen LogP contribution < -0.4 is 10.6 Å². The molecule has 2 heterocycles. The van der Waals surface area contributed by atoms with Gasteiger partial charge in [0.05, 0.1) is 6.61 Å². The van der Waals surface area contributed by atoms with Gasteiger partial charge < -0.3 is 34.3 Å². The fraction of sp³-hybridized carbons (Fsp3) is 0.464. The predicted molar refractivity (Wildman–Crippen MR) is 133 cm³/mol. The maximum absolute atomic E-state index is 13.3. The van der Waals surface area contributed by atoms with E-state index in [1.165, 1.54) is 14.0 Å². The highest BCUT2D eigenvalue weighted by atomic mass is 16.7. The lowest BCUT2D eigenvalue weighted by atomic mass is 9.61. The van der Waals surface area contributed by atoms with E-state index in [9.17, 15) is 14.4 Å². The van der Waals surface area contributed by atoms with E-state index in [4.69, 9.17) is 23.7 Å². The molecule has 2 aromatic carbocycles. The van der Waals surface area contributed by atoms with Gasteiger partial charge in [0, 0.05) is 32.9 Å². The number of benzene rings is 2. The zero-order chi connectivity index (χ0) is 26.9. The highest BCUT2D eigenvalue weighted by Gasteiger charge is 2.76. The van der Waals surface area contributed by atoms with Crippen molar-refractivity contribution in [2.75, 3.05) is 7.11 Å². The Kier molecular flexibility index (Phi) is 7.13. The summed E-state index contributed by atoms with van der Waals surface area (Å²) < 4.78 is 29.7. The molecule has 0 aromatic heterocycles. The average molecular weight is 525 g/mol. The summed E-state index contributed by atoms with van der Waals surface area (Å²) in [5, 5.41) is 5.92. The summed E-state index contributed by atoms with van der Waals surface area (Å²) in [7, 11) is 1.46. The molecule has 0 unspecified atom stereocenters. The van der Waals surface area contributed by atoms with E-state index in [0.717, 1.165) is 11.1 Å². The molecule has 2 amide bonds. The number of carbonyl (C=O) groups is 3. The number of hydrogen-bond acceptors (Lipinski definition) is 8. The zero-order valence-corrected chi connectivity index (χ0v) is 21.5. The molecule has 2 N–H and O–H groups in total.